The van der Waals surface area contributed by atoms with Crippen molar-refractivity contribution in [1.29, 1.82) is 0 Å². The van der Waals surface area contributed by atoms with Crippen molar-refractivity contribution in [1.82, 2.24) is 0 Å². The predicted molar refractivity (Wildman–Crippen MR) is 125 cm³/mol. The van der Waals surface area contributed by atoms with Crippen LogP contribution in [0.5, 0.6) is 0 Å². The number of hydrogen-bond donors (Lipinski definition) is 1. The topological polar surface area (TPSA) is 37.3 Å². The van der Waals surface area contributed by atoms with Crippen LogP contribution in [0.25, 0.3) is 0 Å². The molecular formula is C29H24O2. The van der Waals surface area contributed by atoms with E-state index in [1.807, 2.05) is 121 Å². The lowest BCUT2D eigenvalue weighted by Crippen LogP contribution is -2.14. The first kappa shape index (κ1) is 20.4. The van der Waals surface area contributed by atoms with Crippen molar-refractivity contribution < 1.29 is 9.90 Å². The van der Waals surface area contributed by atoms with Crippen molar-refractivity contribution in [2.75, 3.05) is 0 Å². The van der Waals surface area contributed by atoms with Gasteiger partial charge in [-0.15, -0.1) is 0 Å². The summed E-state index contributed by atoms with van der Waals surface area (Å²) in [6.07, 6.45) is 1.40. The van der Waals surface area contributed by atoms with Gasteiger partial charge in [-0.3, -0.25) is 4.79 Å². The normalized spacial score (nSPS) is 11.6. The molecule has 4 rings (SSSR count). The summed E-state index contributed by atoms with van der Waals surface area (Å²) in [5, 5.41) is 11.2. The van der Waals surface area contributed by atoms with Crippen LogP contribution in [-0.2, 0) is 4.79 Å². The van der Waals surface area contributed by atoms with Crippen molar-refractivity contribution in [2.24, 2.45) is 0 Å². The van der Waals surface area contributed by atoms with Crippen LogP contribution in [0, 0.1) is 0 Å². The first-order valence-electron chi connectivity index (χ1n) is 10.4. The van der Waals surface area contributed by atoms with Crippen molar-refractivity contribution in [3.05, 3.63) is 155 Å². The monoisotopic (exact) mass is 404 g/mol. The molecule has 0 aromatic heterocycles. The average Bonchev–Trinajstić information content (AvgIpc) is 2.82. The molecule has 0 saturated carbocycles. The van der Waals surface area contributed by atoms with Crippen LogP contribution >= 0.6 is 0 Å². The molecule has 0 saturated heterocycles. The Kier molecular flexibility index (Phi) is 6.39. The fourth-order valence-corrected chi connectivity index (χ4v) is 3.95. The molecule has 2 nitrogen and oxygen atoms in total. The summed E-state index contributed by atoms with van der Waals surface area (Å²) in [5.41, 5.74) is 3.68. The van der Waals surface area contributed by atoms with E-state index in [2.05, 4.69) is 0 Å². The van der Waals surface area contributed by atoms with Crippen LogP contribution in [0.3, 0.4) is 0 Å². The molecule has 0 heterocycles. The number of allylic oxidation sites excluding steroid dienone is 2. The summed E-state index contributed by atoms with van der Waals surface area (Å²) in [4.78, 5) is 13.5. The summed E-state index contributed by atoms with van der Waals surface area (Å²) < 4.78 is 0. The van der Waals surface area contributed by atoms with Crippen molar-refractivity contribution in [3.63, 3.8) is 0 Å². The van der Waals surface area contributed by atoms with Crippen LogP contribution < -0.4 is 0 Å². The molecule has 0 aliphatic carbocycles. The number of hydrogen-bond acceptors (Lipinski definition) is 2. The van der Waals surface area contributed by atoms with Gasteiger partial charge in [-0.25, -0.2) is 0 Å². The molecule has 31 heavy (non-hydrogen) atoms. The highest BCUT2D eigenvalue weighted by atomic mass is 16.3. The fourth-order valence-electron chi connectivity index (χ4n) is 3.95. The second kappa shape index (κ2) is 9.73. The summed E-state index contributed by atoms with van der Waals surface area (Å²) in [7, 11) is 0. The van der Waals surface area contributed by atoms with E-state index in [0.717, 1.165) is 22.3 Å². The standard InChI is InChI=1S/C29H24O2/c30-26(28(22-13-5-1-6-14-22)23-15-7-2-8-16-23)21-27(31)29(24-17-9-3-10-18-24)25-19-11-4-12-20-25/h1-21,28-30H/b26-21-. The zero-order valence-corrected chi connectivity index (χ0v) is 17.1. The molecule has 0 aliphatic rings. The van der Waals surface area contributed by atoms with Crippen LogP contribution in [0.2, 0.25) is 0 Å². The minimum absolute atomic E-state index is 0.0410. The fraction of sp³-hybridized carbons (Fsp3) is 0.0690. The van der Waals surface area contributed by atoms with Gasteiger partial charge < -0.3 is 5.11 Å². The van der Waals surface area contributed by atoms with E-state index in [4.69, 9.17) is 0 Å². The summed E-state index contributed by atoms with van der Waals surface area (Å²) >= 11 is 0. The van der Waals surface area contributed by atoms with Crippen LogP contribution in [-0.4, -0.2) is 10.9 Å². The maximum atomic E-state index is 13.5. The smallest absolute Gasteiger partial charge is 0.170 e. The van der Waals surface area contributed by atoms with Gasteiger partial charge in [0.05, 0.1) is 11.8 Å². The van der Waals surface area contributed by atoms with Crippen molar-refractivity contribution >= 4 is 5.78 Å². The van der Waals surface area contributed by atoms with Gasteiger partial charge in [0.25, 0.3) is 0 Å². The van der Waals surface area contributed by atoms with E-state index in [1.54, 1.807) is 0 Å². The Morgan fingerprint density at radius 1 is 0.516 bits per heavy atom. The summed E-state index contributed by atoms with van der Waals surface area (Å²) in [5.74, 6) is -0.985. The maximum absolute atomic E-state index is 13.5. The molecule has 0 fully saturated rings. The molecule has 4 aromatic carbocycles. The molecule has 152 valence electrons. The van der Waals surface area contributed by atoms with Gasteiger partial charge in [-0.2, -0.15) is 0 Å². The highest BCUT2D eigenvalue weighted by Crippen LogP contribution is 2.32. The second-order valence-corrected chi connectivity index (χ2v) is 7.48. The number of benzene rings is 4. The number of aliphatic hydroxyl groups excluding tert-OH is 1. The Labute approximate surface area is 183 Å². The third-order valence-corrected chi connectivity index (χ3v) is 5.40. The molecule has 4 aromatic rings. The van der Waals surface area contributed by atoms with Gasteiger partial charge >= 0.3 is 0 Å². The molecular weight excluding hydrogens is 380 g/mol. The van der Waals surface area contributed by atoms with Gasteiger partial charge in [0.2, 0.25) is 0 Å². The number of aliphatic hydroxyl groups is 1. The van der Waals surface area contributed by atoms with E-state index in [9.17, 15) is 9.90 Å². The number of rotatable bonds is 7. The zero-order chi connectivity index (χ0) is 21.5. The Balaban J connectivity index is 1.75. The lowest BCUT2D eigenvalue weighted by atomic mass is 9.85. The first-order valence-corrected chi connectivity index (χ1v) is 10.4. The largest absolute Gasteiger partial charge is 0.511 e. The molecule has 0 unspecified atom stereocenters. The molecule has 0 spiro atoms. The van der Waals surface area contributed by atoms with Gasteiger partial charge in [0.15, 0.2) is 5.78 Å². The minimum atomic E-state index is -0.475. The van der Waals surface area contributed by atoms with Gasteiger partial charge in [0.1, 0.15) is 5.76 Å². The van der Waals surface area contributed by atoms with E-state index < -0.39 is 11.8 Å². The van der Waals surface area contributed by atoms with Gasteiger partial charge in [-0.05, 0) is 22.3 Å². The SMILES string of the molecule is O=C(/C=C(\O)C(c1ccccc1)c1ccccc1)C(c1ccccc1)c1ccccc1. The Morgan fingerprint density at radius 3 is 1.13 bits per heavy atom. The summed E-state index contributed by atoms with van der Waals surface area (Å²) in [6.45, 7) is 0. The average molecular weight is 405 g/mol. The molecule has 2 heteroatoms. The molecule has 1 N–H and O–H groups in total. The molecule has 0 aliphatic heterocycles. The molecule has 0 amide bonds. The van der Waals surface area contributed by atoms with E-state index in [0.29, 0.717) is 0 Å². The Hall–Kier alpha value is -3.91. The summed E-state index contributed by atoms with van der Waals surface area (Å²) in [6, 6.07) is 38.9. The van der Waals surface area contributed by atoms with Crippen LogP contribution in [0.1, 0.15) is 34.1 Å². The molecule has 0 atom stereocenters. The third kappa shape index (κ3) is 4.81. The Bertz CT molecular complexity index is 1060. The van der Waals surface area contributed by atoms with Gasteiger partial charge in [0, 0.05) is 6.08 Å². The highest BCUT2D eigenvalue weighted by molar-refractivity contribution is 5.98. The van der Waals surface area contributed by atoms with Crippen LogP contribution in [0.4, 0.5) is 0 Å². The van der Waals surface area contributed by atoms with Gasteiger partial charge in [-0.1, -0.05) is 121 Å². The van der Waals surface area contributed by atoms with Crippen molar-refractivity contribution in [2.45, 2.75) is 11.8 Å². The van der Waals surface area contributed by atoms with Crippen molar-refractivity contribution in [3.8, 4) is 0 Å². The number of ketones is 1. The van der Waals surface area contributed by atoms with E-state index in [1.165, 1.54) is 6.08 Å². The van der Waals surface area contributed by atoms with E-state index >= 15 is 0 Å². The maximum Gasteiger partial charge on any atom is 0.170 e. The first-order chi connectivity index (χ1) is 15.2. The predicted octanol–water partition coefficient (Wildman–Crippen LogP) is 6.66. The minimum Gasteiger partial charge on any atom is -0.511 e. The second-order valence-electron chi connectivity index (χ2n) is 7.48. The number of carbonyl (C=O) groups is 1. The molecule has 0 bridgehead atoms. The third-order valence-electron chi connectivity index (χ3n) is 5.40. The zero-order valence-electron chi connectivity index (χ0n) is 17.1. The molecule has 0 radical (unpaired) electrons. The quantitative estimate of drug-likeness (QED) is 0.276. The lowest BCUT2D eigenvalue weighted by molar-refractivity contribution is -0.115. The van der Waals surface area contributed by atoms with Crippen LogP contribution in [0.15, 0.2) is 133 Å². The number of carbonyl (C=O) groups excluding carboxylic acids is 1. The van der Waals surface area contributed by atoms with E-state index in [-0.39, 0.29) is 11.5 Å². The lowest BCUT2D eigenvalue weighted by Gasteiger charge is -2.19. The highest BCUT2D eigenvalue weighted by Gasteiger charge is 2.24. The Morgan fingerprint density at radius 2 is 0.806 bits per heavy atom.